The highest BCUT2D eigenvalue weighted by Crippen LogP contribution is 2.21. The minimum Gasteiger partial charge on any atom is -0.323 e. The first kappa shape index (κ1) is 16.0. The van der Waals surface area contributed by atoms with Crippen LogP contribution in [0.4, 0.5) is 15.8 Å². The number of hydrogen-bond donors (Lipinski definition) is 1. The van der Waals surface area contributed by atoms with Gasteiger partial charge in [-0.25, -0.2) is 4.39 Å². The van der Waals surface area contributed by atoms with Crippen molar-refractivity contribution in [2.75, 3.05) is 16.8 Å². The van der Waals surface area contributed by atoms with E-state index in [2.05, 4.69) is 5.32 Å². The maximum atomic E-state index is 13.3. The van der Waals surface area contributed by atoms with E-state index in [0.717, 1.165) is 0 Å². The molecule has 0 atom stereocenters. The molecule has 0 aromatic heterocycles. The Kier molecular flexibility index (Phi) is 5.12. The van der Waals surface area contributed by atoms with Gasteiger partial charge in [-0.1, -0.05) is 29.8 Å². The van der Waals surface area contributed by atoms with E-state index in [0.29, 0.717) is 16.4 Å². The third kappa shape index (κ3) is 4.05. The van der Waals surface area contributed by atoms with Gasteiger partial charge < -0.3 is 10.2 Å². The molecule has 0 aliphatic rings. The van der Waals surface area contributed by atoms with Crippen LogP contribution in [0.3, 0.4) is 0 Å². The topological polar surface area (TPSA) is 49.4 Å². The zero-order valence-electron chi connectivity index (χ0n) is 11.8. The number of nitrogens with zero attached hydrogens (tertiary/aromatic N) is 1. The molecule has 0 spiro atoms. The second kappa shape index (κ2) is 7.04. The monoisotopic (exact) mass is 320 g/mol. The lowest BCUT2D eigenvalue weighted by molar-refractivity contribution is -0.120. The molecule has 0 aliphatic carbocycles. The first-order valence-corrected chi connectivity index (χ1v) is 6.93. The summed E-state index contributed by atoms with van der Waals surface area (Å²) in [6.07, 6.45) is 0. The molecular weight excluding hydrogens is 307 g/mol. The van der Waals surface area contributed by atoms with Crippen molar-refractivity contribution in [3.8, 4) is 0 Å². The summed E-state index contributed by atoms with van der Waals surface area (Å²) in [6.45, 7) is 1.08. The van der Waals surface area contributed by atoms with E-state index in [1.807, 2.05) is 0 Å². The molecule has 114 valence electrons. The second-order valence-corrected chi connectivity index (χ2v) is 5.02. The highest BCUT2D eigenvalue weighted by Gasteiger charge is 2.16. The lowest BCUT2D eigenvalue weighted by atomic mass is 10.2. The molecule has 2 rings (SSSR count). The molecule has 0 unspecified atom stereocenters. The molecule has 0 saturated carbocycles. The summed E-state index contributed by atoms with van der Waals surface area (Å²) in [5.41, 5.74) is 0.777. The van der Waals surface area contributed by atoms with Gasteiger partial charge in [0.25, 0.3) is 0 Å². The van der Waals surface area contributed by atoms with Crippen molar-refractivity contribution in [3.05, 3.63) is 59.4 Å². The molecule has 22 heavy (non-hydrogen) atoms. The Morgan fingerprint density at radius 3 is 2.55 bits per heavy atom. The van der Waals surface area contributed by atoms with Crippen LogP contribution in [0.15, 0.2) is 48.5 Å². The third-order valence-electron chi connectivity index (χ3n) is 2.95. The molecule has 0 saturated heterocycles. The number of rotatable bonds is 4. The number of anilines is 2. The van der Waals surface area contributed by atoms with Gasteiger partial charge in [-0.05, 0) is 30.3 Å². The molecule has 0 fully saturated rings. The number of amides is 2. The number of carbonyl (C=O) groups is 2. The van der Waals surface area contributed by atoms with Crippen LogP contribution < -0.4 is 10.2 Å². The SMILES string of the molecule is CC(=O)N(CC(=O)Nc1ccccc1Cl)c1cccc(F)c1. The number of carbonyl (C=O) groups excluding carboxylic acids is 2. The summed E-state index contributed by atoms with van der Waals surface area (Å²) >= 11 is 5.96. The standard InChI is InChI=1S/C16H14ClFN2O2/c1-11(21)20(13-6-4-5-12(18)9-13)10-16(22)19-15-8-3-2-7-14(15)17/h2-9H,10H2,1H3,(H,19,22). The Balaban J connectivity index is 2.13. The maximum Gasteiger partial charge on any atom is 0.244 e. The van der Waals surface area contributed by atoms with Gasteiger partial charge in [-0.3, -0.25) is 9.59 Å². The fourth-order valence-corrected chi connectivity index (χ4v) is 2.11. The molecule has 4 nitrogen and oxygen atoms in total. The Hall–Kier alpha value is -2.40. The number of hydrogen-bond acceptors (Lipinski definition) is 2. The van der Waals surface area contributed by atoms with Gasteiger partial charge in [0.1, 0.15) is 12.4 Å². The van der Waals surface area contributed by atoms with Crippen molar-refractivity contribution < 1.29 is 14.0 Å². The van der Waals surface area contributed by atoms with E-state index < -0.39 is 11.7 Å². The molecular formula is C16H14ClFN2O2. The number of para-hydroxylation sites is 1. The van der Waals surface area contributed by atoms with E-state index in [-0.39, 0.29) is 12.5 Å². The van der Waals surface area contributed by atoms with Crippen LogP contribution >= 0.6 is 11.6 Å². The zero-order valence-corrected chi connectivity index (χ0v) is 12.6. The summed E-state index contributed by atoms with van der Waals surface area (Å²) in [6, 6.07) is 12.3. The average Bonchev–Trinajstić information content (AvgIpc) is 2.47. The lowest BCUT2D eigenvalue weighted by Gasteiger charge is -2.20. The Labute approximate surface area is 132 Å². The van der Waals surface area contributed by atoms with Crippen LogP contribution in [0.5, 0.6) is 0 Å². The summed E-state index contributed by atoms with van der Waals surface area (Å²) in [4.78, 5) is 25.0. The number of benzene rings is 2. The lowest BCUT2D eigenvalue weighted by Crippen LogP contribution is -2.36. The molecule has 0 radical (unpaired) electrons. The van der Waals surface area contributed by atoms with Crippen molar-refractivity contribution in [1.82, 2.24) is 0 Å². The van der Waals surface area contributed by atoms with E-state index in [1.54, 1.807) is 30.3 Å². The maximum absolute atomic E-state index is 13.3. The van der Waals surface area contributed by atoms with Crippen molar-refractivity contribution in [2.24, 2.45) is 0 Å². The van der Waals surface area contributed by atoms with E-state index in [1.165, 1.54) is 30.0 Å². The first-order valence-electron chi connectivity index (χ1n) is 6.55. The molecule has 1 N–H and O–H groups in total. The van der Waals surface area contributed by atoms with Crippen LogP contribution in [-0.2, 0) is 9.59 Å². The molecule has 0 heterocycles. The summed E-state index contributed by atoms with van der Waals surface area (Å²) in [5.74, 6) is -1.26. The minimum atomic E-state index is -0.477. The van der Waals surface area contributed by atoms with Crippen molar-refractivity contribution in [3.63, 3.8) is 0 Å². The highest BCUT2D eigenvalue weighted by atomic mass is 35.5. The van der Waals surface area contributed by atoms with Crippen molar-refractivity contribution in [2.45, 2.75) is 6.92 Å². The number of nitrogens with one attached hydrogen (secondary N) is 1. The minimum absolute atomic E-state index is 0.232. The van der Waals surface area contributed by atoms with Gasteiger partial charge in [-0.15, -0.1) is 0 Å². The van der Waals surface area contributed by atoms with E-state index >= 15 is 0 Å². The molecule has 0 aliphatic heterocycles. The summed E-state index contributed by atoms with van der Waals surface area (Å²) < 4.78 is 13.3. The van der Waals surface area contributed by atoms with Gasteiger partial charge >= 0.3 is 0 Å². The average molecular weight is 321 g/mol. The smallest absolute Gasteiger partial charge is 0.244 e. The van der Waals surface area contributed by atoms with Gasteiger partial charge in [0.05, 0.1) is 10.7 Å². The molecule has 6 heteroatoms. The fraction of sp³-hybridized carbons (Fsp3) is 0.125. The van der Waals surface area contributed by atoms with Crippen LogP contribution in [0.2, 0.25) is 5.02 Å². The molecule has 2 amide bonds. The Morgan fingerprint density at radius 2 is 1.91 bits per heavy atom. The predicted molar refractivity (Wildman–Crippen MR) is 84.5 cm³/mol. The van der Waals surface area contributed by atoms with Gasteiger partial charge in [-0.2, -0.15) is 0 Å². The molecule has 0 bridgehead atoms. The third-order valence-corrected chi connectivity index (χ3v) is 3.28. The summed E-state index contributed by atoms with van der Waals surface area (Å²) in [5, 5.41) is 3.02. The first-order chi connectivity index (χ1) is 10.5. The second-order valence-electron chi connectivity index (χ2n) is 4.61. The highest BCUT2D eigenvalue weighted by molar-refractivity contribution is 6.33. The summed E-state index contributed by atoms with van der Waals surface area (Å²) in [7, 11) is 0. The number of halogens is 2. The molecule has 2 aromatic rings. The van der Waals surface area contributed by atoms with Crippen LogP contribution in [-0.4, -0.2) is 18.4 Å². The Bertz CT molecular complexity index is 706. The van der Waals surface area contributed by atoms with Gasteiger partial charge in [0, 0.05) is 12.6 Å². The van der Waals surface area contributed by atoms with Gasteiger partial charge in [0.2, 0.25) is 11.8 Å². The molecule has 2 aromatic carbocycles. The van der Waals surface area contributed by atoms with Crippen LogP contribution in [0.1, 0.15) is 6.92 Å². The van der Waals surface area contributed by atoms with Gasteiger partial charge in [0.15, 0.2) is 0 Å². The fourth-order valence-electron chi connectivity index (χ4n) is 1.92. The van der Waals surface area contributed by atoms with E-state index in [4.69, 9.17) is 11.6 Å². The largest absolute Gasteiger partial charge is 0.323 e. The van der Waals surface area contributed by atoms with Crippen molar-refractivity contribution >= 4 is 34.8 Å². The zero-order chi connectivity index (χ0) is 16.1. The normalized spacial score (nSPS) is 10.1. The van der Waals surface area contributed by atoms with E-state index in [9.17, 15) is 14.0 Å². The predicted octanol–water partition coefficient (Wildman–Crippen LogP) is 3.47. The Morgan fingerprint density at radius 1 is 1.18 bits per heavy atom. The van der Waals surface area contributed by atoms with Crippen molar-refractivity contribution in [1.29, 1.82) is 0 Å². The van der Waals surface area contributed by atoms with Crippen LogP contribution in [0.25, 0.3) is 0 Å². The quantitative estimate of drug-likeness (QED) is 0.937. The van der Waals surface area contributed by atoms with Crippen LogP contribution in [0, 0.1) is 5.82 Å².